The number of carbonyl (C=O) groups excluding carboxylic acids is 1. The zero-order valence-corrected chi connectivity index (χ0v) is 16.1. The zero-order valence-electron chi connectivity index (χ0n) is 15.2. The van der Waals surface area contributed by atoms with E-state index in [1.54, 1.807) is 44.4 Å². The van der Waals surface area contributed by atoms with E-state index in [2.05, 4.69) is 9.97 Å². The van der Waals surface area contributed by atoms with Crippen LogP contribution in [0.4, 0.5) is 0 Å². The summed E-state index contributed by atoms with van der Waals surface area (Å²) in [6, 6.07) is 10.4. The topological polar surface area (TPSA) is 109 Å². The zero-order chi connectivity index (χ0) is 19.4. The third-order valence-electron chi connectivity index (χ3n) is 3.92. The molecule has 9 heteroatoms. The fourth-order valence-electron chi connectivity index (χ4n) is 2.70. The maximum atomic E-state index is 12.8. The first-order valence-corrected chi connectivity index (χ1v) is 10.1. The van der Waals surface area contributed by atoms with Gasteiger partial charge in [-0.25, -0.2) is 9.97 Å². The Kier molecular flexibility index (Phi) is 5.70. The number of carbonyl (C=O) groups is 1. The lowest BCUT2D eigenvalue weighted by Crippen LogP contribution is -2.13. The van der Waals surface area contributed by atoms with Crippen molar-refractivity contribution in [3.8, 4) is 0 Å². The van der Waals surface area contributed by atoms with Crippen LogP contribution in [0.3, 0.4) is 0 Å². The second-order valence-electron chi connectivity index (χ2n) is 5.78. The minimum atomic E-state index is -3.30. The Labute approximate surface area is 156 Å². The fraction of sp³-hybridized carbons (Fsp3) is 0.278. The fourth-order valence-corrected chi connectivity index (χ4v) is 4.27. The highest BCUT2D eigenvalue weighted by molar-refractivity contribution is 7.62. The van der Waals surface area contributed by atoms with Gasteiger partial charge in [0.05, 0.1) is 31.4 Å². The van der Waals surface area contributed by atoms with Gasteiger partial charge in [0.2, 0.25) is 0 Å². The van der Waals surface area contributed by atoms with Crippen LogP contribution in [0.15, 0.2) is 42.7 Å². The monoisotopic (exact) mass is 388 g/mol. The van der Waals surface area contributed by atoms with Crippen molar-refractivity contribution in [1.29, 1.82) is 0 Å². The number of hydrogen-bond donors (Lipinski definition) is 1. The van der Waals surface area contributed by atoms with Crippen LogP contribution in [-0.2, 0) is 20.2 Å². The van der Waals surface area contributed by atoms with E-state index < -0.39 is 13.5 Å². The van der Waals surface area contributed by atoms with Gasteiger partial charge < -0.3 is 19.3 Å². The molecule has 2 heterocycles. The summed E-state index contributed by atoms with van der Waals surface area (Å²) in [5.74, 6) is -0.586. The highest BCUT2D eigenvalue weighted by Gasteiger charge is 2.26. The lowest BCUT2D eigenvalue weighted by atomic mass is 10.2. The summed E-state index contributed by atoms with van der Waals surface area (Å²) in [6.45, 7) is 4.64. The Hall–Kier alpha value is -2.54. The average molecular weight is 388 g/mol. The molecule has 8 nitrogen and oxygen atoms in total. The third kappa shape index (κ3) is 4.08. The van der Waals surface area contributed by atoms with Crippen molar-refractivity contribution < 1.29 is 18.4 Å². The van der Waals surface area contributed by atoms with Crippen molar-refractivity contribution >= 4 is 30.0 Å². The summed E-state index contributed by atoms with van der Waals surface area (Å²) >= 11 is 0. The van der Waals surface area contributed by atoms with Crippen molar-refractivity contribution in [3.63, 3.8) is 0 Å². The molecule has 142 valence electrons. The molecule has 2 aromatic heterocycles. The molecule has 0 atom stereocenters. The van der Waals surface area contributed by atoms with Crippen LogP contribution < -0.4 is 11.0 Å². The summed E-state index contributed by atoms with van der Waals surface area (Å²) in [4.78, 5) is 19.9. The van der Waals surface area contributed by atoms with Gasteiger partial charge in [-0.3, -0.25) is 9.36 Å². The Morgan fingerprint density at radius 1 is 1.11 bits per heavy atom. The van der Waals surface area contributed by atoms with E-state index in [9.17, 15) is 9.36 Å². The van der Waals surface area contributed by atoms with Crippen molar-refractivity contribution in [2.45, 2.75) is 20.4 Å². The minimum Gasteiger partial charge on any atom is -0.364 e. The molecule has 3 rings (SSSR count). The summed E-state index contributed by atoms with van der Waals surface area (Å²) in [5.41, 5.74) is 7.69. The van der Waals surface area contributed by atoms with Crippen molar-refractivity contribution in [1.82, 2.24) is 14.5 Å². The lowest BCUT2D eigenvalue weighted by molar-refractivity contribution is 0.0996. The van der Waals surface area contributed by atoms with Crippen LogP contribution in [0.2, 0.25) is 0 Å². The van der Waals surface area contributed by atoms with Gasteiger partial charge in [-0.15, -0.1) is 0 Å². The van der Waals surface area contributed by atoms with E-state index in [4.69, 9.17) is 14.8 Å². The smallest absolute Gasteiger partial charge is 0.361 e. The van der Waals surface area contributed by atoms with E-state index in [1.807, 2.05) is 16.7 Å². The summed E-state index contributed by atoms with van der Waals surface area (Å²) in [7, 11) is -3.30. The van der Waals surface area contributed by atoms with Crippen LogP contribution >= 0.6 is 7.60 Å². The number of fused-ring (bicyclic) bond motifs is 1. The van der Waals surface area contributed by atoms with Gasteiger partial charge in [-0.05, 0) is 43.7 Å². The average Bonchev–Trinajstić information content (AvgIpc) is 3.05. The van der Waals surface area contributed by atoms with Gasteiger partial charge in [0.25, 0.3) is 5.91 Å². The Bertz CT molecular complexity index is 990. The van der Waals surface area contributed by atoms with E-state index >= 15 is 0 Å². The summed E-state index contributed by atoms with van der Waals surface area (Å²) in [6.07, 6.45) is 1.65. The highest BCUT2D eigenvalue weighted by atomic mass is 31.2. The highest BCUT2D eigenvalue weighted by Crippen LogP contribution is 2.46. The maximum Gasteiger partial charge on any atom is 0.361 e. The Balaban J connectivity index is 1.86. The predicted octanol–water partition coefficient (Wildman–Crippen LogP) is 2.47. The second kappa shape index (κ2) is 8.00. The molecule has 0 spiro atoms. The number of aromatic nitrogens is 3. The van der Waals surface area contributed by atoms with Gasteiger partial charge in [0.15, 0.2) is 5.65 Å². The van der Waals surface area contributed by atoms with E-state index in [1.165, 1.54) is 0 Å². The molecule has 3 aromatic rings. The molecule has 1 aromatic carbocycles. The molecule has 0 aliphatic carbocycles. The number of primary amides is 1. The molecule has 0 fully saturated rings. The number of benzene rings is 1. The van der Waals surface area contributed by atoms with E-state index in [0.29, 0.717) is 36.2 Å². The Morgan fingerprint density at radius 2 is 1.78 bits per heavy atom. The number of pyridine rings is 1. The van der Waals surface area contributed by atoms with Gasteiger partial charge >= 0.3 is 7.60 Å². The molecule has 0 saturated carbocycles. The number of amides is 1. The molecule has 0 radical (unpaired) electrons. The SMILES string of the molecule is CCOP(=O)(OCC)c1ccc(Cn2cnc3ccc(C(N)=O)nc32)cc1. The number of nitrogens with two attached hydrogens (primary N) is 1. The first kappa shape index (κ1) is 19.2. The number of nitrogens with zero attached hydrogens (tertiary/aromatic N) is 3. The number of rotatable bonds is 8. The van der Waals surface area contributed by atoms with Crippen LogP contribution in [0.5, 0.6) is 0 Å². The molecule has 0 bridgehead atoms. The molecule has 2 N–H and O–H groups in total. The van der Waals surface area contributed by atoms with E-state index in [0.717, 1.165) is 5.56 Å². The predicted molar refractivity (Wildman–Crippen MR) is 102 cm³/mol. The molecular weight excluding hydrogens is 367 g/mol. The lowest BCUT2D eigenvalue weighted by Gasteiger charge is -2.17. The van der Waals surface area contributed by atoms with Crippen molar-refractivity contribution in [2.24, 2.45) is 5.73 Å². The van der Waals surface area contributed by atoms with Crippen molar-refractivity contribution in [3.05, 3.63) is 54.0 Å². The summed E-state index contributed by atoms with van der Waals surface area (Å²) < 4.78 is 25.3. The largest absolute Gasteiger partial charge is 0.364 e. The first-order chi connectivity index (χ1) is 13.0. The van der Waals surface area contributed by atoms with Crippen LogP contribution in [0.25, 0.3) is 11.2 Å². The number of hydrogen-bond acceptors (Lipinski definition) is 6. The van der Waals surface area contributed by atoms with Gasteiger partial charge in [-0.1, -0.05) is 12.1 Å². The van der Waals surface area contributed by atoms with Crippen LogP contribution in [0.1, 0.15) is 29.9 Å². The molecule has 27 heavy (non-hydrogen) atoms. The number of imidazole rings is 1. The molecule has 1 amide bonds. The molecule has 0 saturated heterocycles. The van der Waals surface area contributed by atoms with Crippen LogP contribution in [-0.4, -0.2) is 33.7 Å². The maximum absolute atomic E-state index is 12.8. The molecule has 0 unspecified atom stereocenters. The van der Waals surface area contributed by atoms with Crippen molar-refractivity contribution in [2.75, 3.05) is 13.2 Å². The standard InChI is InChI=1S/C18H21N4O4P/c1-3-25-27(24,26-4-2)14-7-5-13(6-8-14)11-22-12-20-16-10-9-15(17(19)23)21-18(16)22/h5-10,12H,3-4,11H2,1-2H3,(H2,19,23). The first-order valence-electron chi connectivity index (χ1n) is 8.57. The van der Waals surface area contributed by atoms with Gasteiger partial charge in [0, 0.05) is 0 Å². The van der Waals surface area contributed by atoms with Gasteiger partial charge in [0.1, 0.15) is 11.2 Å². The van der Waals surface area contributed by atoms with Crippen LogP contribution in [0, 0.1) is 0 Å². The third-order valence-corrected chi connectivity index (χ3v) is 6.05. The van der Waals surface area contributed by atoms with Gasteiger partial charge in [-0.2, -0.15) is 0 Å². The molecular formula is C18H21N4O4P. The molecule has 0 aliphatic heterocycles. The normalized spacial score (nSPS) is 11.8. The Morgan fingerprint density at radius 3 is 2.37 bits per heavy atom. The molecule has 0 aliphatic rings. The summed E-state index contributed by atoms with van der Waals surface area (Å²) in [5, 5.41) is 0.513. The minimum absolute atomic E-state index is 0.189. The quantitative estimate of drug-likeness (QED) is 0.594. The van der Waals surface area contributed by atoms with E-state index in [-0.39, 0.29) is 5.69 Å². The second-order valence-corrected chi connectivity index (χ2v) is 7.80.